The molecule has 1 aromatic carbocycles. The van der Waals surface area contributed by atoms with Crippen molar-refractivity contribution in [3.8, 4) is 0 Å². The van der Waals surface area contributed by atoms with Crippen molar-refractivity contribution in [1.29, 1.82) is 0 Å². The lowest BCUT2D eigenvalue weighted by Crippen LogP contribution is -2.32. The van der Waals surface area contributed by atoms with Gasteiger partial charge < -0.3 is 9.67 Å². The van der Waals surface area contributed by atoms with Gasteiger partial charge in [0.15, 0.2) is 0 Å². The minimum absolute atomic E-state index is 0.0323. The molecule has 5 nitrogen and oxygen atoms in total. The predicted molar refractivity (Wildman–Crippen MR) is 119 cm³/mol. The Kier molecular flexibility index (Phi) is 5.51. The minimum atomic E-state index is -1.10. The third-order valence-corrected chi connectivity index (χ3v) is 6.61. The maximum absolute atomic E-state index is 14.7. The zero-order chi connectivity index (χ0) is 21.6. The summed E-state index contributed by atoms with van der Waals surface area (Å²) in [5, 5.41) is 10.6. The van der Waals surface area contributed by atoms with E-state index in [0.717, 1.165) is 33.3 Å². The lowest BCUT2D eigenvalue weighted by atomic mass is 9.92. The molecule has 30 heavy (non-hydrogen) atoms. The number of hydrogen-bond acceptors (Lipinski definition) is 3. The molecule has 0 bridgehead atoms. The number of hydrogen-bond donors (Lipinski definition) is 1. The maximum atomic E-state index is 14.7. The van der Waals surface area contributed by atoms with Gasteiger partial charge in [-0.1, -0.05) is 6.08 Å². The zero-order valence-corrected chi connectivity index (χ0v) is 18.7. The van der Waals surface area contributed by atoms with Crippen molar-refractivity contribution in [3.63, 3.8) is 0 Å². The van der Waals surface area contributed by atoms with Gasteiger partial charge in [-0.3, -0.25) is 4.90 Å². The molecule has 0 spiro atoms. The van der Waals surface area contributed by atoms with Crippen LogP contribution in [-0.2, 0) is 7.05 Å². The summed E-state index contributed by atoms with van der Waals surface area (Å²) in [5.41, 5.74) is 3.69. The number of rotatable bonds is 4. The summed E-state index contributed by atoms with van der Waals surface area (Å²) in [5.74, 6) is -1.57. The number of benzene rings is 1. The van der Waals surface area contributed by atoms with E-state index in [1.807, 2.05) is 19.2 Å². The van der Waals surface area contributed by atoms with Crippen molar-refractivity contribution in [3.05, 3.63) is 69.2 Å². The Morgan fingerprint density at radius 3 is 2.73 bits per heavy atom. The molecule has 0 saturated heterocycles. The lowest BCUT2D eigenvalue weighted by molar-refractivity contribution is 0.0695. The molecule has 1 unspecified atom stereocenters. The van der Waals surface area contributed by atoms with Gasteiger partial charge in [-0.2, -0.15) is 0 Å². The second-order valence-corrected chi connectivity index (χ2v) is 8.64. The van der Waals surface area contributed by atoms with Gasteiger partial charge in [0.1, 0.15) is 11.5 Å². The molecule has 3 heterocycles. The molecular formula is C23H23BrFN3O2. The monoisotopic (exact) mass is 471 g/mol. The fraction of sp³-hybridized carbons (Fsp3) is 0.304. The summed E-state index contributed by atoms with van der Waals surface area (Å²) in [6, 6.07) is 7.16. The molecule has 7 heteroatoms. The summed E-state index contributed by atoms with van der Waals surface area (Å²) in [7, 11) is 2.01. The molecule has 3 aromatic rings. The summed E-state index contributed by atoms with van der Waals surface area (Å²) < 4.78 is 17.8. The first kappa shape index (κ1) is 20.8. The molecule has 1 aliphatic rings. The highest BCUT2D eigenvalue weighted by Crippen LogP contribution is 2.34. The number of halogens is 2. The second kappa shape index (κ2) is 7.96. The smallest absolute Gasteiger partial charge is 0.336 e. The van der Waals surface area contributed by atoms with Crippen molar-refractivity contribution in [2.45, 2.75) is 26.3 Å². The molecule has 0 amide bonds. The van der Waals surface area contributed by atoms with E-state index in [-0.39, 0.29) is 17.2 Å². The number of fused-ring (bicyclic) bond motifs is 1. The molecule has 0 fully saturated rings. The number of carboxylic acid groups (broad SMARTS) is 1. The molecule has 1 aliphatic heterocycles. The first-order chi connectivity index (χ1) is 14.3. The highest BCUT2D eigenvalue weighted by atomic mass is 79.9. The van der Waals surface area contributed by atoms with E-state index in [2.05, 4.69) is 43.4 Å². The fourth-order valence-corrected chi connectivity index (χ4v) is 4.71. The summed E-state index contributed by atoms with van der Waals surface area (Å²) >= 11 is 3.59. The van der Waals surface area contributed by atoms with Gasteiger partial charge in [0.25, 0.3) is 0 Å². The minimum Gasteiger partial charge on any atom is -0.478 e. The van der Waals surface area contributed by atoms with E-state index in [1.54, 1.807) is 13.1 Å². The number of pyridine rings is 1. The number of aromatic carboxylic acids is 1. The van der Waals surface area contributed by atoms with Crippen LogP contribution in [0.3, 0.4) is 0 Å². The van der Waals surface area contributed by atoms with Crippen LogP contribution in [0.4, 0.5) is 4.39 Å². The van der Waals surface area contributed by atoms with Crippen LogP contribution in [0.1, 0.15) is 46.6 Å². The second-order valence-electron chi connectivity index (χ2n) is 7.78. The van der Waals surface area contributed by atoms with Gasteiger partial charge in [0, 0.05) is 53.5 Å². The molecule has 0 radical (unpaired) electrons. The summed E-state index contributed by atoms with van der Waals surface area (Å²) in [6.07, 6.45) is 4.33. The van der Waals surface area contributed by atoms with Crippen LogP contribution < -0.4 is 0 Å². The standard InChI is InChI=1S/C23H23BrFN3O2/c1-13-10-17(23(29)30)21(19(25)11-13)15-5-8-28(9-6-15)14(2)20-12-16-18(24)4-7-26-22(16)27(20)3/h4-5,7,10-12,14H,6,8-9H2,1-3H3,(H,29,30). The average Bonchev–Trinajstić information content (AvgIpc) is 3.05. The maximum Gasteiger partial charge on any atom is 0.336 e. The predicted octanol–water partition coefficient (Wildman–Crippen LogP) is 5.33. The molecule has 4 rings (SSSR count). The van der Waals surface area contributed by atoms with Gasteiger partial charge in [0.2, 0.25) is 0 Å². The van der Waals surface area contributed by atoms with E-state index in [4.69, 9.17) is 0 Å². The lowest BCUT2D eigenvalue weighted by Gasteiger charge is -2.32. The quantitative estimate of drug-likeness (QED) is 0.558. The highest BCUT2D eigenvalue weighted by molar-refractivity contribution is 9.10. The van der Waals surface area contributed by atoms with E-state index in [9.17, 15) is 14.3 Å². The van der Waals surface area contributed by atoms with Crippen molar-refractivity contribution in [2.75, 3.05) is 13.1 Å². The van der Waals surface area contributed by atoms with Crippen LogP contribution in [-0.4, -0.2) is 38.6 Å². The molecule has 1 N–H and O–H groups in total. The Morgan fingerprint density at radius 1 is 1.33 bits per heavy atom. The van der Waals surface area contributed by atoms with Crippen LogP contribution in [0.5, 0.6) is 0 Å². The normalized spacial score (nSPS) is 16.0. The van der Waals surface area contributed by atoms with Gasteiger partial charge >= 0.3 is 5.97 Å². The SMILES string of the molecule is Cc1cc(F)c(C2=CCN(C(C)c3cc4c(Br)ccnc4n3C)CC2)c(C(=O)O)c1. The number of aromatic nitrogens is 2. The number of nitrogens with zero attached hydrogens (tertiary/aromatic N) is 3. The van der Waals surface area contributed by atoms with Gasteiger partial charge in [0.05, 0.1) is 5.56 Å². The van der Waals surface area contributed by atoms with Crippen LogP contribution in [0.2, 0.25) is 0 Å². The van der Waals surface area contributed by atoms with Crippen molar-refractivity contribution < 1.29 is 14.3 Å². The Balaban J connectivity index is 1.63. The highest BCUT2D eigenvalue weighted by Gasteiger charge is 2.26. The average molecular weight is 472 g/mol. The third-order valence-electron chi connectivity index (χ3n) is 5.92. The number of aryl methyl sites for hydroxylation is 2. The molecule has 2 aromatic heterocycles. The number of carbonyl (C=O) groups is 1. The summed E-state index contributed by atoms with van der Waals surface area (Å²) in [6.45, 7) is 5.19. The zero-order valence-electron chi connectivity index (χ0n) is 17.1. The van der Waals surface area contributed by atoms with E-state index in [0.29, 0.717) is 18.5 Å². The molecule has 0 saturated carbocycles. The van der Waals surface area contributed by atoms with Crippen LogP contribution >= 0.6 is 15.9 Å². The largest absolute Gasteiger partial charge is 0.478 e. The molecule has 156 valence electrons. The van der Waals surface area contributed by atoms with Crippen LogP contribution in [0.25, 0.3) is 16.6 Å². The first-order valence-electron chi connectivity index (χ1n) is 9.84. The van der Waals surface area contributed by atoms with Gasteiger partial charge in [-0.15, -0.1) is 0 Å². The topological polar surface area (TPSA) is 58.4 Å². The van der Waals surface area contributed by atoms with Crippen LogP contribution in [0, 0.1) is 12.7 Å². The van der Waals surface area contributed by atoms with Gasteiger partial charge in [-0.25, -0.2) is 14.2 Å². The third kappa shape index (κ3) is 3.56. The Morgan fingerprint density at radius 2 is 2.10 bits per heavy atom. The Labute approximate surface area is 183 Å². The van der Waals surface area contributed by atoms with E-state index < -0.39 is 11.8 Å². The van der Waals surface area contributed by atoms with Gasteiger partial charge in [-0.05, 0) is 71.6 Å². The number of carboxylic acids is 1. The summed E-state index contributed by atoms with van der Waals surface area (Å²) in [4.78, 5) is 18.5. The molecule has 1 atom stereocenters. The van der Waals surface area contributed by atoms with E-state index >= 15 is 0 Å². The Bertz CT molecular complexity index is 1180. The molecule has 0 aliphatic carbocycles. The van der Waals surface area contributed by atoms with E-state index in [1.165, 1.54) is 12.1 Å². The fourth-order valence-electron chi connectivity index (χ4n) is 4.30. The first-order valence-corrected chi connectivity index (χ1v) is 10.6. The van der Waals surface area contributed by atoms with Crippen molar-refractivity contribution in [2.24, 2.45) is 7.05 Å². The molecular weight excluding hydrogens is 449 g/mol. The van der Waals surface area contributed by atoms with Crippen molar-refractivity contribution in [1.82, 2.24) is 14.5 Å². The van der Waals surface area contributed by atoms with Crippen LogP contribution in [0.15, 0.2) is 41.0 Å². The van der Waals surface area contributed by atoms with Crippen molar-refractivity contribution >= 4 is 38.5 Å². The Hall–Kier alpha value is -2.51.